The lowest BCUT2D eigenvalue weighted by molar-refractivity contribution is -0.150. The molecule has 3 aromatic rings. The van der Waals surface area contributed by atoms with Crippen LogP contribution in [0.1, 0.15) is 5.69 Å². The first-order valence-electron chi connectivity index (χ1n) is 10.3. The van der Waals surface area contributed by atoms with E-state index in [-0.39, 0.29) is 27.7 Å². The van der Waals surface area contributed by atoms with E-state index in [0.29, 0.717) is 10.3 Å². The number of aliphatic carboxylic acids is 1. The molecule has 16 heteroatoms. The second-order valence-electron chi connectivity index (χ2n) is 7.52. The second-order valence-corrected chi connectivity index (χ2v) is 12.7. The van der Waals surface area contributed by atoms with Gasteiger partial charge in [-0.05, 0) is 28.5 Å². The molecule has 2 aliphatic rings. The molecule has 1 saturated heterocycles. The number of thioether (sulfide) groups is 2. The van der Waals surface area contributed by atoms with Crippen molar-refractivity contribution in [2.24, 2.45) is 5.16 Å². The summed E-state index contributed by atoms with van der Waals surface area (Å²) in [5.74, 6) is -2.43. The number of carboxylic acid groups (broad SMARTS) is 1. The summed E-state index contributed by atoms with van der Waals surface area (Å²) in [4.78, 5) is 54.8. The van der Waals surface area contributed by atoms with E-state index in [1.165, 1.54) is 51.6 Å². The molecule has 0 bridgehead atoms. The molecule has 2 amide bonds. The van der Waals surface area contributed by atoms with Crippen LogP contribution in [0.2, 0.25) is 0 Å². The quantitative estimate of drug-likeness (QED) is 0.105. The van der Waals surface area contributed by atoms with Crippen LogP contribution in [0.4, 0.5) is 5.13 Å². The number of amides is 2. The monoisotopic (exact) mass is 593 g/mol. The van der Waals surface area contributed by atoms with Crippen molar-refractivity contribution >= 4 is 95.6 Å². The van der Waals surface area contributed by atoms with Gasteiger partial charge in [-0.1, -0.05) is 16.9 Å². The van der Waals surface area contributed by atoms with Gasteiger partial charge in [-0.3, -0.25) is 19.3 Å². The summed E-state index contributed by atoms with van der Waals surface area (Å²) >= 11 is 6.49. The molecule has 5 rings (SSSR count). The highest BCUT2D eigenvalue weighted by atomic mass is 32.2. The lowest BCUT2D eigenvalue weighted by atomic mass is 10.0. The molecular weight excluding hydrogens is 579 g/mol. The van der Waals surface area contributed by atoms with Crippen LogP contribution in [0, 0.1) is 0 Å². The number of allylic oxidation sites excluding steroid dienone is 1. The van der Waals surface area contributed by atoms with E-state index in [9.17, 15) is 29.5 Å². The fourth-order valence-corrected chi connectivity index (χ4v) is 8.50. The fraction of sp³-hybridized carbons (Fsp3) is 0.143. The number of nitrogens with zero attached hydrogens (tertiary/aromatic N) is 3. The van der Waals surface area contributed by atoms with E-state index in [0.717, 1.165) is 25.1 Å². The van der Waals surface area contributed by atoms with Crippen molar-refractivity contribution < 1.29 is 24.7 Å². The van der Waals surface area contributed by atoms with Crippen LogP contribution in [0.25, 0.3) is 9.40 Å². The minimum atomic E-state index is -1.27. The predicted octanol–water partition coefficient (Wildman–Crippen LogP) is 2.58. The van der Waals surface area contributed by atoms with Gasteiger partial charge in [0.25, 0.3) is 11.8 Å². The Morgan fingerprint density at radius 3 is 2.84 bits per heavy atom. The molecule has 5 heterocycles. The minimum absolute atomic E-state index is 0.0571. The molecule has 2 atom stereocenters. The van der Waals surface area contributed by atoms with Crippen LogP contribution in [0.3, 0.4) is 0 Å². The van der Waals surface area contributed by atoms with Crippen molar-refractivity contribution in [3.05, 3.63) is 61.6 Å². The number of rotatable bonds is 7. The molecule has 2 aliphatic heterocycles. The Hall–Kier alpha value is -3.18. The van der Waals surface area contributed by atoms with Gasteiger partial charge >= 0.3 is 5.97 Å². The molecule has 0 aromatic carbocycles. The molecule has 0 spiro atoms. The van der Waals surface area contributed by atoms with Crippen molar-refractivity contribution in [1.82, 2.24) is 15.2 Å². The van der Waals surface area contributed by atoms with Gasteiger partial charge in [0, 0.05) is 17.2 Å². The lowest BCUT2D eigenvalue weighted by Gasteiger charge is -2.49. The zero-order chi connectivity index (χ0) is 26.3. The highest BCUT2D eigenvalue weighted by Crippen LogP contribution is 2.41. The summed E-state index contributed by atoms with van der Waals surface area (Å²) in [6.07, 6.45) is 1.62. The summed E-state index contributed by atoms with van der Waals surface area (Å²) in [5.41, 5.74) is 5.42. The van der Waals surface area contributed by atoms with Gasteiger partial charge < -0.3 is 21.4 Å². The molecule has 190 valence electrons. The number of hydrogen-bond acceptors (Lipinski definition) is 13. The van der Waals surface area contributed by atoms with E-state index in [4.69, 9.17) is 5.73 Å². The predicted molar refractivity (Wildman–Crippen MR) is 146 cm³/mol. The third kappa shape index (κ3) is 4.77. The standard InChI is InChI=1S/C21H15N5O6S5/c22-21-23-9(7-36-21)13(25-32)17(28)24-14-18(29)26-15(20(30)31)8(6-35-19(14)26)1-3-33-12-5-10(27)16-11(37-12)2-4-34-16/h1-5,7,14,19,32H,6H2,(H2,22,23)(H,24,28)(H,30,31)/b3-1+,25-13-. The molecule has 0 saturated carbocycles. The zero-order valence-electron chi connectivity index (χ0n) is 18.3. The van der Waals surface area contributed by atoms with Gasteiger partial charge in [0.2, 0.25) is 0 Å². The number of anilines is 1. The van der Waals surface area contributed by atoms with Crippen LogP contribution in [-0.2, 0) is 14.4 Å². The first-order valence-corrected chi connectivity index (χ1v) is 14.8. The maximum atomic E-state index is 12.9. The number of hydrogen-bond donors (Lipinski definition) is 4. The molecule has 5 N–H and O–H groups in total. The van der Waals surface area contributed by atoms with E-state index < -0.39 is 34.9 Å². The number of carboxylic acids is 1. The SMILES string of the molecule is Nc1nc(/C(=N/O)C(=O)NC2C(=O)N3C(C(=O)O)=C(/C=C/Sc4cc(=O)c5sccc5s4)CSC23)cs1. The largest absolute Gasteiger partial charge is 0.477 e. The molecule has 11 nitrogen and oxygen atoms in total. The zero-order valence-corrected chi connectivity index (χ0v) is 22.4. The summed E-state index contributed by atoms with van der Waals surface area (Å²) < 4.78 is 2.36. The molecule has 3 aromatic heterocycles. The van der Waals surface area contributed by atoms with Crippen LogP contribution in [0.5, 0.6) is 0 Å². The number of oxime groups is 1. The fourth-order valence-electron chi connectivity index (χ4n) is 3.70. The Morgan fingerprint density at radius 2 is 2.14 bits per heavy atom. The number of β-lactam (4-membered cyclic amide) rings is 1. The number of nitrogen functional groups attached to an aromatic ring is 1. The Balaban J connectivity index is 1.31. The van der Waals surface area contributed by atoms with Crippen LogP contribution < -0.4 is 16.5 Å². The van der Waals surface area contributed by atoms with Gasteiger partial charge in [-0.2, -0.15) is 0 Å². The number of carbonyl (C=O) groups excluding carboxylic acids is 2. The van der Waals surface area contributed by atoms with Gasteiger partial charge in [0.15, 0.2) is 16.3 Å². The van der Waals surface area contributed by atoms with Crippen molar-refractivity contribution in [3.63, 3.8) is 0 Å². The van der Waals surface area contributed by atoms with Crippen molar-refractivity contribution in [2.75, 3.05) is 11.5 Å². The Labute approximate surface area is 228 Å². The number of fused-ring (bicyclic) bond motifs is 2. The highest BCUT2D eigenvalue weighted by Gasteiger charge is 2.54. The molecular formula is C21H15N5O6S5. The van der Waals surface area contributed by atoms with Gasteiger partial charge in [-0.25, -0.2) is 9.78 Å². The van der Waals surface area contributed by atoms with Crippen molar-refractivity contribution in [1.29, 1.82) is 0 Å². The maximum absolute atomic E-state index is 12.9. The average Bonchev–Trinajstić information content (AvgIpc) is 3.52. The van der Waals surface area contributed by atoms with E-state index >= 15 is 0 Å². The number of aromatic nitrogens is 1. The smallest absolute Gasteiger partial charge is 0.352 e. The molecule has 37 heavy (non-hydrogen) atoms. The van der Waals surface area contributed by atoms with E-state index in [1.807, 2.05) is 11.4 Å². The number of carbonyl (C=O) groups is 3. The second kappa shape index (κ2) is 10.3. The molecule has 0 radical (unpaired) electrons. The molecule has 1 fully saturated rings. The summed E-state index contributed by atoms with van der Waals surface area (Å²) in [5, 5.41) is 29.1. The number of thiophene rings is 1. The first-order chi connectivity index (χ1) is 17.8. The molecule has 0 aliphatic carbocycles. The van der Waals surface area contributed by atoms with E-state index in [2.05, 4.69) is 15.5 Å². The lowest BCUT2D eigenvalue weighted by Crippen LogP contribution is -2.71. The minimum Gasteiger partial charge on any atom is -0.477 e. The van der Waals surface area contributed by atoms with Crippen molar-refractivity contribution in [3.8, 4) is 0 Å². The average molecular weight is 594 g/mol. The summed E-state index contributed by atoms with van der Waals surface area (Å²) in [6, 6.07) is 2.43. The molecule has 2 unspecified atom stereocenters. The Bertz CT molecular complexity index is 1590. The summed E-state index contributed by atoms with van der Waals surface area (Å²) in [7, 11) is 0. The number of nitrogens with one attached hydrogen (secondary N) is 1. The van der Waals surface area contributed by atoms with Crippen molar-refractivity contribution in [2.45, 2.75) is 15.6 Å². The summed E-state index contributed by atoms with van der Waals surface area (Å²) in [6.45, 7) is 0. The first kappa shape index (κ1) is 25.5. The van der Waals surface area contributed by atoms with Crippen LogP contribution >= 0.6 is 57.5 Å². The topological polar surface area (TPSA) is 175 Å². The van der Waals surface area contributed by atoms with E-state index in [1.54, 1.807) is 17.6 Å². The van der Waals surface area contributed by atoms with Crippen LogP contribution in [-0.4, -0.2) is 60.9 Å². The third-order valence-electron chi connectivity index (χ3n) is 5.33. The Morgan fingerprint density at radius 1 is 1.32 bits per heavy atom. The normalized spacial score (nSPS) is 19.8. The highest BCUT2D eigenvalue weighted by molar-refractivity contribution is 8.04. The van der Waals surface area contributed by atoms with Gasteiger partial charge in [0.1, 0.15) is 22.8 Å². The third-order valence-corrected chi connectivity index (χ3v) is 10.4. The number of nitrogens with two attached hydrogens (primary N) is 1. The number of thiazole rings is 1. The van der Waals surface area contributed by atoms with Gasteiger partial charge in [0.05, 0.1) is 13.6 Å². The van der Waals surface area contributed by atoms with Gasteiger partial charge in [-0.15, -0.1) is 45.8 Å². The van der Waals surface area contributed by atoms with Crippen LogP contribution in [0.15, 0.2) is 59.8 Å². The Kier molecular flexibility index (Phi) is 7.09. The maximum Gasteiger partial charge on any atom is 0.352 e.